The van der Waals surface area contributed by atoms with Crippen molar-refractivity contribution in [3.05, 3.63) is 42.0 Å². The molecular weight excluding hydrogens is 280 g/mol. The summed E-state index contributed by atoms with van der Waals surface area (Å²) in [6, 6.07) is 3.64. The van der Waals surface area contributed by atoms with Gasteiger partial charge in [0, 0.05) is 26.5 Å². The average molecular weight is 298 g/mol. The van der Waals surface area contributed by atoms with Crippen LogP contribution in [0.15, 0.2) is 30.7 Å². The number of carbonyl (C=O) groups is 1. The molecule has 1 atom stereocenters. The molecule has 0 aliphatic rings. The van der Waals surface area contributed by atoms with Crippen LogP contribution < -0.4 is 5.32 Å². The Morgan fingerprint density at radius 2 is 2.09 bits per heavy atom. The van der Waals surface area contributed by atoms with Gasteiger partial charge >= 0.3 is 0 Å². The molecule has 1 unspecified atom stereocenters. The highest BCUT2D eigenvalue weighted by Gasteiger charge is 2.17. The molecule has 3 aromatic heterocycles. The minimum absolute atomic E-state index is 0.0813. The predicted molar refractivity (Wildman–Crippen MR) is 82.2 cm³/mol. The highest BCUT2D eigenvalue weighted by molar-refractivity contribution is 5.96. The van der Waals surface area contributed by atoms with Gasteiger partial charge in [0.25, 0.3) is 5.91 Å². The minimum Gasteiger partial charge on any atom is -0.344 e. The van der Waals surface area contributed by atoms with E-state index in [0.717, 1.165) is 23.1 Å². The normalized spacial score (nSPS) is 12.5. The Labute approximate surface area is 128 Å². The lowest BCUT2D eigenvalue weighted by Gasteiger charge is -2.17. The molecule has 0 fully saturated rings. The van der Waals surface area contributed by atoms with E-state index in [4.69, 9.17) is 0 Å². The second kappa shape index (κ2) is 5.59. The molecule has 0 aliphatic heterocycles. The molecule has 0 bridgehead atoms. The number of nitrogens with zero attached hydrogens (tertiary/aromatic N) is 5. The highest BCUT2D eigenvalue weighted by atomic mass is 16.1. The Kier molecular flexibility index (Phi) is 3.62. The van der Waals surface area contributed by atoms with Crippen molar-refractivity contribution < 1.29 is 4.79 Å². The molecule has 7 heteroatoms. The van der Waals surface area contributed by atoms with Crippen molar-refractivity contribution in [1.82, 2.24) is 29.9 Å². The molecule has 0 saturated heterocycles. The van der Waals surface area contributed by atoms with Crippen molar-refractivity contribution >= 4 is 16.9 Å². The Hall–Kier alpha value is -2.70. The van der Waals surface area contributed by atoms with Crippen molar-refractivity contribution in [2.75, 3.05) is 0 Å². The van der Waals surface area contributed by atoms with Crippen LogP contribution in [-0.4, -0.2) is 30.5 Å². The van der Waals surface area contributed by atoms with E-state index in [-0.39, 0.29) is 11.9 Å². The zero-order valence-corrected chi connectivity index (χ0v) is 12.8. The van der Waals surface area contributed by atoms with Crippen molar-refractivity contribution in [2.45, 2.75) is 19.4 Å². The minimum atomic E-state index is -0.149. The van der Waals surface area contributed by atoms with Gasteiger partial charge in [-0.2, -0.15) is 10.2 Å². The second-order valence-electron chi connectivity index (χ2n) is 5.21. The molecule has 0 spiro atoms. The quantitative estimate of drug-likeness (QED) is 0.793. The molecule has 1 N–H and O–H groups in total. The summed E-state index contributed by atoms with van der Waals surface area (Å²) in [4.78, 5) is 16.8. The van der Waals surface area contributed by atoms with Gasteiger partial charge in [0.15, 0.2) is 0 Å². The fourth-order valence-corrected chi connectivity index (χ4v) is 2.50. The van der Waals surface area contributed by atoms with Crippen LogP contribution in [0.3, 0.4) is 0 Å². The molecule has 0 aliphatic carbocycles. The number of hydrogen-bond acceptors (Lipinski definition) is 4. The third kappa shape index (κ3) is 2.45. The smallest absolute Gasteiger partial charge is 0.253 e. The molecule has 0 saturated carbocycles. The maximum atomic E-state index is 12.5. The molecule has 1 amide bonds. The highest BCUT2D eigenvalue weighted by Crippen LogP contribution is 2.17. The first-order valence-corrected chi connectivity index (χ1v) is 7.16. The standard InChI is InChI=1S/C15H18N6O/c1-4-11(13-5-6-17-20(13)2)19-15(22)10-7-14-12(16-8-10)9-18-21(14)3/h5-9,11H,4H2,1-3H3,(H,19,22). The number of carbonyl (C=O) groups excluding carboxylic acids is 1. The van der Waals surface area contributed by atoms with Gasteiger partial charge in [-0.15, -0.1) is 0 Å². The van der Waals surface area contributed by atoms with Gasteiger partial charge in [0.05, 0.1) is 29.0 Å². The number of fused-ring (bicyclic) bond motifs is 1. The summed E-state index contributed by atoms with van der Waals surface area (Å²) in [6.45, 7) is 2.03. The Morgan fingerprint density at radius 1 is 1.27 bits per heavy atom. The number of amides is 1. The van der Waals surface area contributed by atoms with Gasteiger partial charge in [-0.25, -0.2) is 0 Å². The largest absolute Gasteiger partial charge is 0.344 e. The second-order valence-corrected chi connectivity index (χ2v) is 5.21. The van der Waals surface area contributed by atoms with E-state index in [1.807, 2.05) is 27.1 Å². The van der Waals surface area contributed by atoms with E-state index in [0.29, 0.717) is 5.56 Å². The molecule has 0 radical (unpaired) electrons. The van der Waals surface area contributed by atoms with Crippen molar-refractivity contribution in [1.29, 1.82) is 0 Å². The van der Waals surface area contributed by atoms with E-state index < -0.39 is 0 Å². The first kappa shape index (κ1) is 14.2. The van der Waals surface area contributed by atoms with Crippen LogP contribution in [0, 0.1) is 0 Å². The van der Waals surface area contributed by atoms with Crippen LogP contribution in [0.2, 0.25) is 0 Å². The third-order valence-corrected chi connectivity index (χ3v) is 3.79. The maximum Gasteiger partial charge on any atom is 0.253 e. The summed E-state index contributed by atoms with van der Waals surface area (Å²) in [5, 5.41) is 11.3. The number of aryl methyl sites for hydroxylation is 2. The monoisotopic (exact) mass is 298 g/mol. The topological polar surface area (TPSA) is 77.6 Å². The summed E-state index contributed by atoms with van der Waals surface area (Å²) in [5.74, 6) is -0.149. The Morgan fingerprint density at radius 3 is 2.77 bits per heavy atom. The zero-order valence-electron chi connectivity index (χ0n) is 12.8. The lowest BCUT2D eigenvalue weighted by molar-refractivity contribution is 0.0933. The Bertz CT molecular complexity index is 818. The number of rotatable bonds is 4. The Balaban J connectivity index is 1.85. The van der Waals surface area contributed by atoms with Crippen LogP contribution in [0.1, 0.15) is 35.4 Å². The van der Waals surface area contributed by atoms with Gasteiger partial charge in [0.2, 0.25) is 0 Å². The van der Waals surface area contributed by atoms with Crippen LogP contribution >= 0.6 is 0 Å². The predicted octanol–water partition coefficient (Wildman–Crippen LogP) is 1.58. The number of nitrogens with one attached hydrogen (secondary N) is 1. The van der Waals surface area contributed by atoms with Crippen LogP contribution in [0.4, 0.5) is 0 Å². The molecule has 114 valence electrons. The molecule has 7 nitrogen and oxygen atoms in total. The lowest BCUT2D eigenvalue weighted by atomic mass is 10.1. The van der Waals surface area contributed by atoms with E-state index in [1.54, 1.807) is 34.0 Å². The summed E-state index contributed by atoms with van der Waals surface area (Å²) < 4.78 is 3.48. The van der Waals surface area contributed by atoms with Crippen molar-refractivity contribution in [2.24, 2.45) is 14.1 Å². The number of pyridine rings is 1. The molecule has 22 heavy (non-hydrogen) atoms. The molecule has 3 aromatic rings. The van der Waals surface area contributed by atoms with E-state index in [2.05, 4.69) is 20.5 Å². The lowest BCUT2D eigenvalue weighted by Crippen LogP contribution is -2.29. The van der Waals surface area contributed by atoms with Crippen LogP contribution in [0.5, 0.6) is 0 Å². The number of aromatic nitrogens is 5. The summed E-state index contributed by atoms with van der Waals surface area (Å²) >= 11 is 0. The SMILES string of the molecule is CCC(NC(=O)c1cnc2cnn(C)c2c1)c1ccnn1C. The average Bonchev–Trinajstić information content (AvgIpc) is 3.11. The van der Waals surface area contributed by atoms with Gasteiger partial charge in [0.1, 0.15) is 5.52 Å². The van der Waals surface area contributed by atoms with E-state index in [9.17, 15) is 4.79 Å². The van der Waals surface area contributed by atoms with E-state index in [1.165, 1.54) is 0 Å². The molecule has 3 rings (SSSR count). The first-order valence-electron chi connectivity index (χ1n) is 7.16. The van der Waals surface area contributed by atoms with Gasteiger partial charge in [-0.3, -0.25) is 19.1 Å². The molecule has 0 aromatic carbocycles. The first-order chi connectivity index (χ1) is 10.6. The van der Waals surface area contributed by atoms with Crippen LogP contribution in [0.25, 0.3) is 11.0 Å². The van der Waals surface area contributed by atoms with Crippen molar-refractivity contribution in [3.63, 3.8) is 0 Å². The fourth-order valence-electron chi connectivity index (χ4n) is 2.50. The summed E-state index contributed by atoms with van der Waals surface area (Å²) in [5.41, 5.74) is 3.11. The molecule has 3 heterocycles. The maximum absolute atomic E-state index is 12.5. The fraction of sp³-hybridized carbons (Fsp3) is 0.333. The molecular formula is C15H18N6O. The van der Waals surface area contributed by atoms with Gasteiger partial charge < -0.3 is 5.32 Å². The zero-order chi connectivity index (χ0) is 15.7. The van der Waals surface area contributed by atoms with E-state index >= 15 is 0 Å². The number of hydrogen-bond donors (Lipinski definition) is 1. The van der Waals surface area contributed by atoms with Gasteiger partial charge in [-0.05, 0) is 18.6 Å². The third-order valence-electron chi connectivity index (χ3n) is 3.79. The summed E-state index contributed by atoms with van der Waals surface area (Å²) in [7, 11) is 3.70. The summed E-state index contributed by atoms with van der Waals surface area (Å²) in [6.07, 6.45) is 5.77. The van der Waals surface area contributed by atoms with Gasteiger partial charge in [-0.1, -0.05) is 6.92 Å². The van der Waals surface area contributed by atoms with Crippen molar-refractivity contribution in [3.8, 4) is 0 Å². The van der Waals surface area contributed by atoms with Crippen LogP contribution in [-0.2, 0) is 14.1 Å².